The number of halogens is 4. The fourth-order valence-corrected chi connectivity index (χ4v) is 3.33. The molecule has 1 aliphatic heterocycles. The number of hydrogen-bond acceptors (Lipinski definition) is 4. The second-order valence-electron chi connectivity index (χ2n) is 4.70. The number of carbonyl (C=O) groups excluding carboxylic acids is 1. The molecule has 0 atom stereocenters. The van der Waals surface area contributed by atoms with Gasteiger partial charge in [0.05, 0.1) is 41.7 Å². The Morgan fingerprint density at radius 2 is 1.46 bits per heavy atom. The summed E-state index contributed by atoms with van der Waals surface area (Å²) in [5.74, 6) is -1.21. The normalized spacial score (nSPS) is 15.1. The molecule has 3 rings (SSSR count). The van der Waals surface area contributed by atoms with Crippen molar-refractivity contribution in [1.82, 2.24) is 0 Å². The summed E-state index contributed by atoms with van der Waals surface area (Å²) >= 11 is 24.1. The molecule has 0 bridgehead atoms. The number of benzene rings is 2. The van der Waals surface area contributed by atoms with Crippen LogP contribution in [0.4, 0.5) is 0 Å². The van der Waals surface area contributed by atoms with Gasteiger partial charge in [0.2, 0.25) is 5.76 Å². The minimum atomic E-state index is -0.888. The summed E-state index contributed by atoms with van der Waals surface area (Å²) in [6.07, 6.45) is 0. The Morgan fingerprint density at radius 3 is 2.00 bits per heavy atom. The van der Waals surface area contributed by atoms with Gasteiger partial charge in [-0.25, -0.2) is 4.79 Å². The van der Waals surface area contributed by atoms with Crippen molar-refractivity contribution in [2.24, 2.45) is 0 Å². The summed E-state index contributed by atoms with van der Waals surface area (Å²) < 4.78 is 5.09. The first-order valence-corrected chi connectivity index (χ1v) is 7.88. The molecule has 5 nitrogen and oxygen atoms in total. The molecule has 0 aliphatic carbocycles. The van der Waals surface area contributed by atoms with E-state index in [0.29, 0.717) is 0 Å². The maximum atomic E-state index is 12.1. The number of nitrogens with zero attached hydrogens (tertiary/aromatic N) is 1. The Bertz CT molecular complexity index is 925. The van der Waals surface area contributed by atoms with Crippen molar-refractivity contribution in [3.63, 3.8) is 0 Å². The van der Waals surface area contributed by atoms with Crippen LogP contribution in [0.3, 0.4) is 0 Å². The molecule has 0 unspecified atom stereocenters. The van der Waals surface area contributed by atoms with Gasteiger partial charge in [-0.05, 0) is 12.1 Å². The molecule has 1 aliphatic rings. The average Bonchev–Trinajstić information content (AvgIpc) is 2.89. The van der Waals surface area contributed by atoms with Gasteiger partial charge in [0.25, 0.3) is 0 Å². The van der Waals surface area contributed by atoms with Crippen LogP contribution in [0.5, 0.6) is 0 Å². The second kappa shape index (κ2) is 6.26. The molecule has 122 valence electrons. The summed E-state index contributed by atoms with van der Waals surface area (Å²) in [5.41, 5.74) is -0.395. The van der Waals surface area contributed by atoms with Gasteiger partial charge in [0, 0.05) is 0 Å². The van der Waals surface area contributed by atoms with Crippen molar-refractivity contribution in [3.8, 4) is 0 Å². The number of carbonyl (C=O) groups is 1. The molecule has 0 radical (unpaired) electrons. The van der Waals surface area contributed by atoms with Gasteiger partial charge in [0.15, 0.2) is 0 Å². The largest absolute Gasteiger partial charge is 0.415 e. The van der Waals surface area contributed by atoms with E-state index in [1.165, 1.54) is 12.1 Å². The third-order valence-corrected chi connectivity index (χ3v) is 5.14. The third-order valence-electron chi connectivity index (χ3n) is 3.34. The topological polar surface area (TPSA) is 69.4 Å². The zero-order chi connectivity index (χ0) is 17.6. The number of hydrogen-bond donors (Lipinski definition) is 0. The lowest BCUT2D eigenvalue weighted by molar-refractivity contribution is -0.375. The lowest BCUT2D eigenvalue weighted by Gasteiger charge is -2.08. The monoisotopic (exact) mass is 403 g/mol. The Morgan fingerprint density at radius 1 is 0.917 bits per heavy atom. The van der Waals surface area contributed by atoms with Crippen LogP contribution in [0.2, 0.25) is 20.1 Å². The van der Waals surface area contributed by atoms with Crippen LogP contribution in [0.25, 0.3) is 11.5 Å². The third kappa shape index (κ3) is 2.54. The van der Waals surface area contributed by atoms with Gasteiger partial charge in [-0.2, -0.15) is 0 Å². The fraction of sp³-hybridized carbons (Fsp3) is 0. The number of nitro groups is 1. The number of rotatable bonds is 2. The molecule has 24 heavy (non-hydrogen) atoms. The summed E-state index contributed by atoms with van der Waals surface area (Å²) in [6.45, 7) is 0. The number of ether oxygens (including phenoxy) is 1. The van der Waals surface area contributed by atoms with Crippen LogP contribution < -0.4 is 0 Å². The van der Waals surface area contributed by atoms with E-state index < -0.39 is 16.6 Å². The first kappa shape index (κ1) is 17.0. The summed E-state index contributed by atoms with van der Waals surface area (Å²) in [5, 5.41) is 11.0. The molecule has 0 fully saturated rings. The second-order valence-corrected chi connectivity index (χ2v) is 6.21. The standard InChI is InChI=1S/C15H5Cl4NO4/c16-9-7-8(10(17)12(19)11(9)18)15(21)24-14(7)13(20(22)23)6-4-2-1-3-5-6/h1-5H. The Hall–Kier alpha value is -1.79. The molecule has 0 N–H and O–H groups in total. The Balaban J connectivity index is 2.42. The predicted octanol–water partition coefficient (Wildman–Crippen LogP) is 5.57. The predicted molar refractivity (Wildman–Crippen MR) is 92.1 cm³/mol. The van der Waals surface area contributed by atoms with Gasteiger partial charge in [0.1, 0.15) is 0 Å². The molecule has 1 heterocycles. The summed E-state index contributed by atoms with van der Waals surface area (Å²) in [7, 11) is 0. The zero-order valence-electron chi connectivity index (χ0n) is 11.5. The number of esters is 1. The molecule has 0 saturated heterocycles. The van der Waals surface area contributed by atoms with Crippen molar-refractivity contribution < 1.29 is 14.5 Å². The molecule has 0 saturated carbocycles. The molecule has 2 aromatic carbocycles. The highest BCUT2D eigenvalue weighted by Gasteiger charge is 2.40. The zero-order valence-corrected chi connectivity index (χ0v) is 14.5. The van der Waals surface area contributed by atoms with E-state index in [1.54, 1.807) is 18.2 Å². The van der Waals surface area contributed by atoms with Crippen molar-refractivity contribution in [3.05, 3.63) is 77.2 Å². The summed E-state index contributed by atoms with van der Waals surface area (Å²) in [6, 6.07) is 7.93. The van der Waals surface area contributed by atoms with Crippen molar-refractivity contribution in [2.45, 2.75) is 0 Å². The molecular weight excluding hydrogens is 400 g/mol. The lowest BCUT2D eigenvalue weighted by Crippen LogP contribution is -2.03. The highest BCUT2D eigenvalue weighted by atomic mass is 35.5. The van der Waals surface area contributed by atoms with Gasteiger partial charge in [-0.3, -0.25) is 10.1 Å². The van der Waals surface area contributed by atoms with E-state index in [2.05, 4.69) is 0 Å². The first-order valence-electron chi connectivity index (χ1n) is 6.37. The van der Waals surface area contributed by atoms with E-state index in [0.717, 1.165) is 0 Å². The van der Waals surface area contributed by atoms with Crippen LogP contribution in [-0.4, -0.2) is 10.9 Å². The lowest BCUT2D eigenvalue weighted by atomic mass is 10.0. The van der Waals surface area contributed by atoms with E-state index in [9.17, 15) is 14.9 Å². The van der Waals surface area contributed by atoms with Crippen molar-refractivity contribution >= 4 is 63.8 Å². The van der Waals surface area contributed by atoms with Crippen molar-refractivity contribution in [1.29, 1.82) is 0 Å². The average molecular weight is 405 g/mol. The van der Waals surface area contributed by atoms with Crippen LogP contribution in [-0.2, 0) is 4.74 Å². The molecule has 0 spiro atoms. The Labute approximate surface area is 155 Å². The smallest absolute Gasteiger partial charge is 0.346 e. The highest BCUT2D eigenvalue weighted by molar-refractivity contribution is 6.54. The summed E-state index contributed by atoms with van der Waals surface area (Å²) in [4.78, 5) is 23.1. The van der Waals surface area contributed by atoms with E-state index in [-0.39, 0.29) is 42.5 Å². The minimum Gasteiger partial charge on any atom is -0.415 e. The molecule has 0 aromatic heterocycles. The van der Waals surface area contributed by atoms with Crippen molar-refractivity contribution in [2.75, 3.05) is 0 Å². The quantitative estimate of drug-likeness (QED) is 0.215. The fourth-order valence-electron chi connectivity index (χ4n) is 2.31. The maximum absolute atomic E-state index is 12.1. The van der Waals surface area contributed by atoms with Crippen LogP contribution in [0, 0.1) is 10.1 Å². The van der Waals surface area contributed by atoms with Crippen LogP contribution >= 0.6 is 46.4 Å². The Kier molecular flexibility index (Phi) is 4.44. The SMILES string of the molecule is O=C1OC(=C(c2ccccc2)[N+](=O)[O-])c2c(Cl)c(Cl)c(Cl)c(Cl)c21. The number of fused-ring (bicyclic) bond motifs is 1. The first-order chi connectivity index (χ1) is 11.3. The highest BCUT2D eigenvalue weighted by Crippen LogP contribution is 2.49. The van der Waals surface area contributed by atoms with E-state index >= 15 is 0 Å². The minimum absolute atomic E-state index is 0.0448. The molecule has 2 aromatic rings. The maximum Gasteiger partial charge on any atom is 0.346 e. The molecular formula is C15H5Cl4NO4. The molecule has 0 amide bonds. The van der Waals surface area contributed by atoms with Gasteiger partial charge in [-0.15, -0.1) is 0 Å². The van der Waals surface area contributed by atoms with Gasteiger partial charge >= 0.3 is 11.7 Å². The van der Waals surface area contributed by atoms with Crippen LogP contribution in [0.1, 0.15) is 21.5 Å². The molecule has 9 heteroatoms. The van der Waals surface area contributed by atoms with Crippen LogP contribution in [0.15, 0.2) is 30.3 Å². The number of cyclic esters (lactones) is 1. The van der Waals surface area contributed by atoms with Gasteiger partial charge in [-0.1, -0.05) is 64.6 Å². The van der Waals surface area contributed by atoms with E-state index in [1.807, 2.05) is 0 Å². The van der Waals surface area contributed by atoms with Gasteiger partial charge < -0.3 is 4.74 Å². The van der Waals surface area contributed by atoms with E-state index in [4.69, 9.17) is 51.1 Å².